The third kappa shape index (κ3) is 4.76. The van der Waals surface area contributed by atoms with Crippen LogP contribution in [0.5, 0.6) is 0 Å². The molecule has 1 saturated heterocycles. The van der Waals surface area contributed by atoms with Crippen LogP contribution in [0.1, 0.15) is 37.0 Å². The highest BCUT2D eigenvalue weighted by Gasteiger charge is 2.17. The topological polar surface area (TPSA) is 69.7 Å². The number of hydrogen-bond acceptors (Lipinski definition) is 4. The number of amides is 2. The van der Waals surface area contributed by atoms with E-state index in [1.165, 1.54) is 31.6 Å². The van der Waals surface area contributed by atoms with Gasteiger partial charge < -0.3 is 15.1 Å². The van der Waals surface area contributed by atoms with Crippen molar-refractivity contribution in [2.75, 3.05) is 34.8 Å². The van der Waals surface area contributed by atoms with E-state index in [9.17, 15) is 14.4 Å². The highest BCUT2D eigenvalue weighted by molar-refractivity contribution is 6.03. The summed E-state index contributed by atoms with van der Waals surface area (Å²) in [6.45, 7) is 4.88. The summed E-state index contributed by atoms with van der Waals surface area (Å²) < 4.78 is 0. The zero-order chi connectivity index (χ0) is 20.1. The van der Waals surface area contributed by atoms with Crippen molar-refractivity contribution in [2.45, 2.75) is 26.7 Å². The van der Waals surface area contributed by atoms with E-state index in [-0.39, 0.29) is 24.1 Å². The van der Waals surface area contributed by atoms with E-state index in [1.54, 1.807) is 24.3 Å². The van der Waals surface area contributed by atoms with Gasteiger partial charge in [0.25, 0.3) is 0 Å². The van der Waals surface area contributed by atoms with Crippen LogP contribution in [0.25, 0.3) is 0 Å². The van der Waals surface area contributed by atoms with Gasteiger partial charge >= 0.3 is 0 Å². The molecule has 2 aromatic carbocycles. The fourth-order valence-electron chi connectivity index (χ4n) is 3.35. The molecule has 2 amide bonds. The Morgan fingerprint density at radius 3 is 2.29 bits per heavy atom. The van der Waals surface area contributed by atoms with Crippen molar-refractivity contribution >= 4 is 34.7 Å². The van der Waals surface area contributed by atoms with Crippen LogP contribution in [0.4, 0.5) is 17.1 Å². The van der Waals surface area contributed by atoms with Crippen LogP contribution in [0.15, 0.2) is 48.5 Å². The van der Waals surface area contributed by atoms with E-state index in [0.29, 0.717) is 16.9 Å². The highest BCUT2D eigenvalue weighted by Crippen LogP contribution is 2.22. The Balaban J connectivity index is 1.66. The maximum atomic E-state index is 12.5. The van der Waals surface area contributed by atoms with Crippen LogP contribution >= 0.6 is 0 Å². The van der Waals surface area contributed by atoms with Crippen molar-refractivity contribution in [3.05, 3.63) is 54.1 Å². The number of ketones is 1. The molecule has 28 heavy (non-hydrogen) atoms. The quantitative estimate of drug-likeness (QED) is 0.780. The molecule has 0 aliphatic carbocycles. The van der Waals surface area contributed by atoms with E-state index in [1.807, 2.05) is 24.3 Å². The Labute approximate surface area is 165 Å². The van der Waals surface area contributed by atoms with Gasteiger partial charge in [-0.3, -0.25) is 14.4 Å². The van der Waals surface area contributed by atoms with Crippen LogP contribution in [-0.2, 0) is 9.59 Å². The summed E-state index contributed by atoms with van der Waals surface area (Å²) in [5.74, 6) is -0.648. The third-order valence-corrected chi connectivity index (χ3v) is 4.87. The van der Waals surface area contributed by atoms with Gasteiger partial charge in [0.15, 0.2) is 5.78 Å². The largest absolute Gasteiger partial charge is 0.372 e. The molecule has 0 spiro atoms. The minimum atomic E-state index is -0.294. The molecule has 0 atom stereocenters. The molecule has 0 radical (unpaired) electrons. The van der Waals surface area contributed by atoms with Crippen molar-refractivity contribution in [1.82, 2.24) is 0 Å². The number of rotatable bonds is 6. The molecule has 1 N–H and O–H groups in total. The Hall–Kier alpha value is -3.15. The van der Waals surface area contributed by atoms with Gasteiger partial charge in [-0.25, -0.2) is 0 Å². The highest BCUT2D eigenvalue weighted by atomic mass is 16.2. The summed E-state index contributed by atoms with van der Waals surface area (Å²) in [5, 5.41) is 2.83. The summed E-state index contributed by atoms with van der Waals surface area (Å²) in [4.78, 5) is 39.8. The van der Waals surface area contributed by atoms with Crippen molar-refractivity contribution in [2.24, 2.45) is 0 Å². The van der Waals surface area contributed by atoms with Crippen LogP contribution in [0.3, 0.4) is 0 Å². The molecular formula is C22H25N3O3. The van der Waals surface area contributed by atoms with Crippen molar-refractivity contribution in [3.63, 3.8) is 0 Å². The van der Waals surface area contributed by atoms with Crippen molar-refractivity contribution in [1.29, 1.82) is 0 Å². The molecule has 146 valence electrons. The van der Waals surface area contributed by atoms with Gasteiger partial charge in [0.05, 0.1) is 0 Å². The smallest absolute Gasteiger partial charge is 0.244 e. The number of Topliss-reactive ketones (excluding diaryl/α,β-unsaturated/α-hetero) is 1. The van der Waals surface area contributed by atoms with E-state index < -0.39 is 0 Å². The molecule has 1 fully saturated rings. The summed E-state index contributed by atoms with van der Waals surface area (Å²) in [7, 11) is 0. The minimum Gasteiger partial charge on any atom is -0.372 e. The summed E-state index contributed by atoms with van der Waals surface area (Å²) >= 11 is 0. The molecule has 3 rings (SSSR count). The van der Waals surface area contributed by atoms with Gasteiger partial charge in [-0.1, -0.05) is 12.1 Å². The second kappa shape index (κ2) is 8.69. The second-order valence-corrected chi connectivity index (χ2v) is 7.00. The zero-order valence-corrected chi connectivity index (χ0v) is 16.3. The fraction of sp³-hybridized carbons (Fsp3) is 0.318. The van der Waals surface area contributed by atoms with Crippen LogP contribution < -0.4 is 15.1 Å². The molecular weight excluding hydrogens is 354 g/mol. The summed E-state index contributed by atoms with van der Waals surface area (Å²) in [5.41, 5.74) is 2.87. The lowest BCUT2D eigenvalue weighted by molar-refractivity contribution is -0.120. The first-order valence-corrected chi connectivity index (χ1v) is 9.48. The normalized spacial score (nSPS) is 13.3. The Kier molecular flexibility index (Phi) is 6.09. The molecule has 1 aliphatic heterocycles. The van der Waals surface area contributed by atoms with E-state index >= 15 is 0 Å². The number of hydrogen-bond donors (Lipinski definition) is 1. The van der Waals surface area contributed by atoms with Crippen LogP contribution in [0, 0.1) is 0 Å². The molecule has 0 saturated carbocycles. The van der Waals surface area contributed by atoms with E-state index in [0.717, 1.165) is 18.8 Å². The van der Waals surface area contributed by atoms with Gasteiger partial charge in [0, 0.05) is 42.6 Å². The number of benzene rings is 2. The van der Waals surface area contributed by atoms with Crippen LogP contribution in [-0.4, -0.2) is 37.2 Å². The van der Waals surface area contributed by atoms with Crippen molar-refractivity contribution in [3.8, 4) is 0 Å². The molecule has 1 heterocycles. The monoisotopic (exact) mass is 379 g/mol. The lowest BCUT2D eigenvalue weighted by Crippen LogP contribution is -2.36. The lowest BCUT2D eigenvalue weighted by Gasteiger charge is -2.21. The molecule has 6 nitrogen and oxygen atoms in total. The van der Waals surface area contributed by atoms with Gasteiger partial charge in [0.2, 0.25) is 11.8 Å². The molecule has 2 aromatic rings. The summed E-state index contributed by atoms with van der Waals surface area (Å²) in [6.07, 6.45) is 2.42. The predicted octanol–water partition coefficient (Wildman–Crippen LogP) is 3.48. The molecule has 1 aliphatic rings. The first-order chi connectivity index (χ1) is 13.4. The third-order valence-electron chi connectivity index (χ3n) is 4.87. The lowest BCUT2D eigenvalue weighted by atomic mass is 10.1. The van der Waals surface area contributed by atoms with E-state index in [2.05, 4.69) is 10.2 Å². The summed E-state index contributed by atoms with van der Waals surface area (Å²) in [6, 6.07) is 14.5. The number of anilines is 3. The molecule has 0 aromatic heterocycles. The second-order valence-electron chi connectivity index (χ2n) is 7.00. The van der Waals surface area contributed by atoms with Gasteiger partial charge in [0.1, 0.15) is 6.54 Å². The standard InChI is InChI=1S/C22H25N3O3/c1-16(26)18-6-5-7-21(14-18)25(17(2)27)15-22(28)23-19-8-10-20(11-9-19)24-12-3-4-13-24/h5-11,14H,3-4,12-13,15H2,1-2H3,(H,23,28). The van der Waals surface area contributed by atoms with Crippen molar-refractivity contribution < 1.29 is 14.4 Å². The average molecular weight is 379 g/mol. The molecule has 0 bridgehead atoms. The Bertz CT molecular complexity index is 871. The SMILES string of the molecule is CC(=O)c1cccc(N(CC(=O)Nc2ccc(N3CCCC3)cc2)C(C)=O)c1. The first-order valence-electron chi connectivity index (χ1n) is 9.48. The zero-order valence-electron chi connectivity index (χ0n) is 16.3. The fourth-order valence-corrected chi connectivity index (χ4v) is 3.35. The van der Waals surface area contributed by atoms with Gasteiger partial charge in [-0.2, -0.15) is 0 Å². The van der Waals surface area contributed by atoms with Gasteiger partial charge in [-0.05, 0) is 56.2 Å². The van der Waals surface area contributed by atoms with E-state index in [4.69, 9.17) is 0 Å². The van der Waals surface area contributed by atoms with Crippen LogP contribution in [0.2, 0.25) is 0 Å². The number of carbonyl (C=O) groups excluding carboxylic acids is 3. The maximum absolute atomic E-state index is 12.5. The average Bonchev–Trinajstić information content (AvgIpc) is 3.21. The molecule has 6 heteroatoms. The predicted molar refractivity (Wildman–Crippen MR) is 111 cm³/mol. The first kappa shape index (κ1) is 19.6. The van der Waals surface area contributed by atoms with Gasteiger partial charge in [-0.15, -0.1) is 0 Å². The maximum Gasteiger partial charge on any atom is 0.244 e. The minimum absolute atomic E-state index is 0.0899. The Morgan fingerprint density at radius 2 is 1.68 bits per heavy atom. The Morgan fingerprint density at radius 1 is 1.00 bits per heavy atom. The number of carbonyl (C=O) groups is 3. The number of nitrogens with one attached hydrogen (secondary N) is 1. The molecule has 0 unspecified atom stereocenters. The number of nitrogens with zero attached hydrogens (tertiary/aromatic N) is 2.